The van der Waals surface area contributed by atoms with Crippen LogP contribution in [0.5, 0.6) is 0 Å². The molecule has 4 nitrogen and oxygen atoms in total. The monoisotopic (exact) mass is 231 g/mol. The molecular formula is C13H17N3O. The lowest BCUT2D eigenvalue weighted by atomic mass is 10.1. The van der Waals surface area contributed by atoms with E-state index in [2.05, 4.69) is 11.9 Å². The zero-order valence-corrected chi connectivity index (χ0v) is 10.0. The Morgan fingerprint density at radius 3 is 2.94 bits per heavy atom. The summed E-state index contributed by atoms with van der Waals surface area (Å²) in [7, 11) is 0. The molecule has 0 radical (unpaired) electrons. The lowest BCUT2D eigenvalue weighted by Crippen LogP contribution is -2.22. The normalized spacial score (nSPS) is 10.9. The van der Waals surface area contributed by atoms with Gasteiger partial charge in [-0.05, 0) is 37.1 Å². The average molecular weight is 231 g/mol. The van der Waals surface area contributed by atoms with Crippen molar-refractivity contribution in [2.24, 2.45) is 5.73 Å². The maximum atomic E-state index is 12.2. The predicted octanol–water partition coefficient (Wildman–Crippen LogP) is 1.31. The number of hydrogen-bond acceptors (Lipinski definition) is 3. The van der Waals surface area contributed by atoms with Gasteiger partial charge in [-0.2, -0.15) is 0 Å². The average Bonchev–Trinajstić information content (AvgIpc) is 2.38. The standard InChI is InChI=1S/C13H17N3O/c1-2-10-4-5-12-11(8-10)13(17)16(9-15-12)7-3-6-14/h4-5,8-9H,2-3,6-7,14H2,1H3. The third-order valence-corrected chi connectivity index (χ3v) is 2.90. The van der Waals surface area contributed by atoms with Gasteiger partial charge in [-0.25, -0.2) is 4.98 Å². The van der Waals surface area contributed by atoms with Crippen LogP contribution in [0.1, 0.15) is 18.9 Å². The van der Waals surface area contributed by atoms with Crippen molar-refractivity contribution in [3.8, 4) is 0 Å². The molecule has 0 fully saturated rings. The lowest BCUT2D eigenvalue weighted by Gasteiger charge is -2.06. The van der Waals surface area contributed by atoms with E-state index < -0.39 is 0 Å². The van der Waals surface area contributed by atoms with Crippen LogP contribution in [0.2, 0.25) is 0 Å². The Kier molecular flexibility index (Phi) is 3.54. The fourth-order valence-electron chi connectivity index (χ4n) is 1.85. The molecule has 0 unspecified atom stereocenters. The summed E-state index contributed by atoms with van der Waals surface area (Å²) in [5.74, 6) is 0. The minimum Gasteiger partial charge on any atom is -0.330 e. The topological polar surface area (TPSA) is 60.9 Å². The van der Waals surface area contributed by atoms with Crippen LogP contribution < -0.4 is 11.3 Å². The highest BCUT2D eigenvalue weighted by Gasteiger charge is 2.04. The SMILES string of the molecule is CCc1ccc2ncn(CCCN)c(=O)c2c1. The summed E-state index contributed by atoms with van der Waals surface area (Å²) in [4.78, 5) is 16.5. The van der Waals surface area contributed by atoms with Gasteiger partial charge in [0.1, 0.15) is 0 Å². The molecule has 90 valence electrons. The maximum Gasteiger partial charge on any atom is 0.261 e. The second kappa shape index (κ2) is 5.10. The van der Waals surface area contributed by atoms with Gasteiger partial charge in [-0.3, -0.25) is 9.36 Å². The summed E-state index contributed by atoms with van der Waals surface area (Å²) in [6.07, 6.45) is 3.32. The van der Waals surface area contributed by atoms with Crippen LogP contribution in [0.25, 0.3) is 10.9 Å². The van der Waals surface area contributed by atoms with Crippen LogP contribution >= 0.6 is 0 Å². The van der Waals surface area contributed by atoms with Gasteiger partial charge in [-0.15, -0.1) is 0 Å². The van der Waals surface area contributed by atoms with Crippen molar-refractivity contribution < 1.29 is 0 Å². The first-order chi connectivity index (χ1) is 8.26. The van der Waals surface area contributed by atoms with Gasteiger partial charge in [0.15, 0.2) is 0 Å². The highest BCUT2D eigenvalue weighted by molar-refractivity contribution is 5.78. The minimum absolute atomic E-state index is 0.0266. The van der Waals surface area contributed by atoms with Crippen molar-refractivity contribution in [2.45, 2.75) is 26.3 Å². The van der Waals surface area contributed by atoms with Crippen LogP contribution in [-0.2, 0) is 13.0 Å². The van der Waals surface area contributed by atoms with Gasteiger partial charge in [0.2, 0.25) is 0 Å². The van der Waals surface area contributed by atoms with E-state index in [1.54, 1.807) is 10.9 Å². The van der Waals surface area contributed by atoms with Gasteiger partial charge in [0.25, 0.3) is 5.56 Å². The van der Waals surface area contributed by atoms with Gasteiger partial charge in [0, 0.05) is 6.54 Å². The summed E-state index contributed by atoms with van der Waals surface area (Å²) in [6, 6.07) is 5.85. The van der Waals surface area contributed by atoms with E-state index in [1.165, 1.54) is 0 Å². The number of fused-ring (bicyclic) bond motifs is 1. The van der Waals surface area contributed by atoms with Crippen molar-refractivity contribution in [1.29, 1.82) is 0 Å². The molecule has 0 saturated carbocycles. The molecule has 2 rings (SSSR count). The number of rotatable bonds is 4. The third-order valence-electron chi connectivity index (χ3n) is 2.90. The zero-order chi connectivity index (χ0) is 12.3. The Balaban J connectivity index is 2.52. The highest BCUT2D eigenvalue weighted by atomic mass is 16.1. The number of aromatic nitrogens is 2. The second-order valence-electron chi connectivity index (χ2n) is 4.09. The van der Waals surface area contributed by atoms with Crippen molar-refractivity contribution in [3.05, 3.63) is 40.4 Å². The molecule has 0 saturated heterocycles. The predicted molar refractivity (Wildman–Crippen MR) is 69.1 cm³/mol. The Hall–Kier alpha value is -1.68. The van der Waals surface area contributed by atoms with E-state index in [9.17, 15) is 4.79 Å². The Bertz CT molecular complexity index is 574. The first-order valence-electron chi connectivity index (χ1n) is 5.94. The second-order valence-corrected chi connectivity index (χ2v) is 4.09. The molecule has 1 aromatic heterocycles. The van der Waals surface area contributed by atoms with Gasteiger partial charge in [-0.1, -0.05) is 13.0 Å². The molecule has 0 spiro atoms. The summed E-state index contributed by atoms with van der Waals surface area (Å²) < 4.78 is 1.63. The van der Waals surface area contributed by atoms with Crippen molar-refractivity contribution in [3.63, 3.8) is 0 Å². The lowest BCUT2D eigenvalue weighted by molar-refractivity contribution is 0.624. The van der Waals surface area contributed by atoms with Gasteiger partial charge >= 0.3 is 0 Å². The largest absolute Gasteiger partial charge is 0.330 e. The number of hydrogen-bond donors (Lipinski definition) is 1. The summed E-state index contributed by atoms with van der Waals surface area (Å²) in [5.41, 5.74) is 7.40. The van der Waals surface area contributed by atoms with Crippen molar-refractivity contribution in [1.82, 2.24) is 9.55 Å². The third kappa shape index (κ3) is 2.36. The first kappa shape index (κ1) is 11.8. The summed E-state index contributed by atoms with van der Waals surface area (Å²) in [5, 5.41) is 0.698. The van der Waals surface area contributed by atoms with Gasteiger partial charge < -0.3 is 5.73 Å². The van der Waals surface area contributed by atoms with E-state index in [0.29, 0.717) is 18.5 Å². The molecule has 2 N–H and O–H groups in total. The molecule has 0 atom stereocenters. The fraction of sp³-hybridized carbons (Fsp3) is 0.385. The van der Waals surface area contributed by atoms with E-state index in [4.69, 9.17) is 5.73 Å². The smallest absolute Gasteiger partial charge is 0.261 e. The van der Waals surface area contributed by atoms with Crippen LogP contribution in [-0.4, -0.2) is 16.1 Å². The maximum absolute atomic E-state index is 12.2. The van der Waals surface area contributed by atoms with E-state index in [0.717, 1.165) is 23.9 Å². The Morgan fingerprint density at radius 1 is 1.41 bits per heavy atom. The van der Waals surface area contributed by atoms with Gasteiger partial charge in [0.05, 0.1) is 17.2 Å². The molecule has 2 aromatic rings. The first-order valence-corrected chi connectivity index (χ1v) is 5.94. The molecule has 1 heterocycles. The number of aryl methyl sites for hydroxylation is 2. The van der Waals surface area contributed by atoms with Crippen molar-refractivity contribution >= 4 is 10.9 Å². The molecule has 4 heteroatoms. The summed E-state index contributed by atoms with van der Waals surface area (Å²) in [6.45, 7) is 3.29. The quantitative estimate of drug-likeness (QED) is 0.863. The molecule has 0 aliphatic heterocycles. The van der Waals surface area contributed by atoms with E-state index in [-0.39, 0.29) is 5.56 Å². The molecular weight excluding hydrogens is 214 g/mol. The minimum atomic E-state index is 0.0266. The van der Waals surface area contributed by atoms with E-state index >= 15 is 0 Å². The van der Waals surface area contributed by atoms with E-state index in [1.807, 2.05) is 18.2 Å². The van der Waals surface area contributed by atoms with Crippen molar-refractivity contribution in [2.75, 3.05) is 6.54 Å². The molecule has 1 aromatic carbocycles. The van der Waals surface area contributed by atoms with Crippen LogP contribution in [0.4, 0.5) is 0 Å². The highest BCUT2D eigenvalue weighted by Crippen LogP contribution is 2.10. The number of nitrogens with zero attached hydrogens (tertiary/aromatic N) is 2. The molecule has 17 heavy (non-hydrogen) atoms. The molecule has 0 aliphatic rings. The Labute approximate surface area is 100 Å². The molecule has 0 amide bonds. The van der Waals surface area contributed by atoms with Crippen LogP contribution in [0.15, 0.2) is 29.3 Å². The van der Waals surface area contributed by atoms with Crippen LogP contribution in [0, 0.1) is 0 Å². The van der Waals surface area contributed by atoms with Crippen LogP contribution in [0.3, 0.4) is 0 Å². The zero-order valence-electron chi connectivity index (χ0n) is 10.0. The molecule has 0 bridgehead atoms. The fourth-order valence-corrected chi connectivity index (χ4v) is 1.85. The Morgan fingerprint density at radius 2 is 2.24 bits per heavy atom. The molecule has 0 aliphatic carbocycles. The number of benzene rings is 1. The number of nitrogens with two attached hydrogens (primary N) is 1. The summed E-state index contributed by atoms with van der Waals surface area (Å²) >= 11 is 0.